The molecule has 2 aliphatic heterocycles. The zero-order valence-corrected chi connectivity index (χ0v) is 19.1. The van der Waals surface area contributed by atoms with E-state index in [2.05, 4.69) is 12.2 Å². The summed E-state index contributed by atoms with van der Waals surface area (Å²) in [5.41, 5.74) is 1.72. The van der Waals surface area contributed by atoms with Crippen LogP contribution in [0.25, 0.3) is 5.57 Å². The lowest BCUT2D eigenvalue weighted by molar-refractivity contribution is -0.136. The highest BCUT2D eigenvalue weighted by molar-refractivity contribution is 6.36. The molecule has 33 heavy (non-hydrogen) atoms. The molecule has 1 N–H and O–H groups in total. The summed E-state index contributed by atoms with van der Waals surface area (Å²) in [6.07, 6.45) is 3.87. The van der Waals surface area contributed by atoms with Crippen molar-refractivity contribution in [1.82, 2.24) is 4.90 Å². The van der Waals surface area contributed by atoms with Gasteiger partial charge in [-0.05, 0) is 36.2 Å². The van der Waals surface area contributed by atoms with Gasteiger partial charge in [0.1, 0.15) is 5.70 Å². The van der Waals surface area contributed by atoms with Gasteiger partial charge < -0.3 is 24.3 Å². The topological polar surface area (TPSA) is 86.3 Å². The Balaban J connectivity index is 1.70. The fourth-order valence-corrected chi connectivity index (χ4v) is 3.97. The number of unbranched alkanes of at least 4 members (excludes halogenated alkanes) is 3. The number of ether oxygens (including phenoxy) is 4. The predicted octanol–water partition coefficient (Wildman–Crippen LogP) is 4.20. The molecule has 0 aliphatic carbocycles. The number of imide groups is 1. The highest BCUT2D eigenvalue weighted by atomic mass is 16.7. The lowest BCUT2D eigenvalue weighted by atomic mass is 10.0. The molecule has 2 heterocycles. The van der Waals surface area contributed by atoms with Crippen molar-refractivity contribution < 1.29 is 28.5 Å². The van der Waals surface area contributed by atoms with Crippen molar-refractivity contribution in [2.24, 2.45) is 0 Å². The van der Waals surface area contributed by atoms with Crippen LogP contribution in [0.4, 0.5) is 5.69 Å². The van der Waals surface area contributed by atoms with Crippen molar-refractivity contribution >= 4 is 23.1 Å². The summed E-state index contributed by atoms with van der Waals surface area (Å²) in [5.74, 6) is 1.57. The average Bonchev–Trinajstić information content (AvgIpc) is 3.39. The summed E-state index contributed by atoms with van der Waals surface area (Å²) < 4.78 is 21.5. The minimum absolute atomic E-state index is 0.154. The van der Waals surface area contributed by atoms with E-state index in [1.807, 2.05) is 0 Å². The maximum atomic E-state index is 13.4. The fourth-order valence-electron chi connectivity index (χ4n) is 3.97. The van der Waals surface area contributed by atoms with Gasteiger partial charge in [0.25, 0.3) is 11.8 Å². The number of carbonyl (C=O) groups is 2. The van der Waals surface area contributed by atoms with Gasteiger partial charge in [-0.15, -0.1) is 0 Å². The van der Waals surface area contributed by atoms with E-state index in [4.69, 9.17) is 18.9 Å². The van der Waals surface area contributed by atoms with E-state index < -0.39 is 0 Å². The minimum atomic E-state index is -0.348. The third-order valence-electron chi connectivity index (χ3n) is 5.72. The van der Waals surface area contributed by atoms with Gasteiger partial charge in [-0.2, -0.15) is 0 Å². The van der Waals surface area contributed by atoms with E-state index in [0.29, 0.717) is 46.4 Å². The van der Waals surface area contributed by atoms with Gasteiger partial charge in [-0.1, -0.05) is 32.3 Å². The van der Waals surface area contributed by atoms with Crippen LogP contribution >= 0.6 is 0 Å². The van der Waals surface area contributed by atoms with Crippen LogP contribution in [0.2, 0.25) is 0 Å². The van der Waals surface area contributed by atoms with Crippen molar-refractivity contribution in [3.05, 3.63) is 47.7 Å². The SMILES string of the molecule is CCCCCCN1C(=O)C(Nc2ccc3c(c2)OCO3)=C(c2ccc(OC)c(OC)c2)C1=O. The summed E-state index contributed by atoms with van der Waals surface area (Å²) in [6.45, 7) is 2.65. The number of carbonyl (C=O) groups excluding carboxylic acids is 2. The maximum Gasteiger partial charge on any atom is 0.278 e. The summed E-state index contributed by atoms with van der Waals surface area (Å²) >= 11 is 0. The predicted molar refractivity (Wildman–Crippen MR) is 124 cm³/mol. The van der Waals surface area contributed by atoms with Crippen molar-refractivity contribution in [1.29, 1.82) is 0 Å². The highest BCUT2D eigenvalue weighted by Crippen LogP contribution is 2.38. The van der Waals surface area contributed by atoms with Crippen molar-refractivity contribution in [2.45, 2.75) is 32.6 Å². The molecule has 174 valence electrons. The Kier molecular flexibility index (Phi) is 6.72. The average molecular weight is 453 g/mol. The van der Waals surface area contributed by atoms with E-state index in [0.717, 1.165) is 25.7 Å². The molecular formula is C25H28N2O6. The number of rotatable bonds is 10. The molecule has 0 aromatic heterocycles. The second kappa shape index (κ2) is 9.85. The van der Waals surface area contributed by atoms with Gasteiger partial charge in [0.15, 0.2) is 23.0 Å². The molecule has 0 unspecified atom stereocenters. The van der Waals surface area contributed by atoms with E-state index in [-0.39, 0.29) is 24.3 Å². The first-order valence-corrected chi connectivity index (χ1v) is 11.1. The monoisotopic (exact) mass is 452 g/mol. The Morgan fingerprint density at radius 1 is 0.909 bits per heavy atom. The van der Waals surface area contributed by atoms with Crippen LogP contribution < -0.4 is 24.3 Å². The van der Waals surface area contributed by atoms with Gasteiger partial charge in [-0.3, -0.25) is 14.5 Å². The summed E-state index contributed by atoms with van der Waals surface area (Å²) in [6, 6.07) is 10.5. The number of hydrogen-bond acceptors (Lipinski definition) is 7. The van der Waals surface area contributed by atoms with Crippen LogP contribution in [-0.4, -0.2) is 44.3 Å². The van der Waals surface area contributed by atoms with Crippen LogP contribution in [0.1, 0.15) is 38.2 Å². The van der Waals surface area contributed by atoms with Crippen LogP contribution in [0.5, 0.6) is 23.0 Å². The molecule has 0 radical (unpaired) electrons. The lowest BCUT2D eigenvalue weighted by Gasteiger charge is -2.15. The Labute approximate surface area is 193 Å². The van der Waals surface area contributed by atoms with Crippen LogP contribution in [0.3, 0.4) is 0 Å². The number of hydrogen-bond donors (Lipinski definition) is 1. The molecule has 0 atom stereocenters. The number of benzene rings is 2. The summed E-state index contributed by atoms with van der Waals surface area (Å²) in [5, 5.41) is 3.16. The molecule has 0 bridgehead atoms. The van der Waals surface area contributed by atoms with Gasteiger partial charge in [0.2, 0.25) is 6.79 Å². The zero-order valence-electron chi connectivity index (χ0n) is 19.1. The minimum Gasteiger partial charge on any atom is -0.493 e. The van der Waals surface area contributed by atoms with Gasteiger partial charge in [-0.25, -0.2) is 0 Å². The van der Waals surface area contributed by atoms with E-state index in [1.54, 1.807) is 43.5 Å². The smallest absolute Gasteiger partial charge is 0.278 e. The number of methoxy groups -OCH3 is 2. The number of nitrogens with one attached hydrogen (secondary N) is 1. The lowest BCUT2D eigenvalue weighted by Crippen LogP contribution is -2.33. The summed E-state index contributed by atoms with van der Waals surface area (Å²) in [4.78, 5) is 28.1. The van der Waals surface area contributed by atoms with E-state index in [1.165, 1.54) is 12.0 Å². The Bertz CT molecular complexity index is 1090. The van der Waals surface area contributed by atoms with Crippen LogP contribution in [0, 0.1) is 0 Å². The second-order valence-electron chi connectivity index (χ2n) is 7.84. The second-order valence-corrected chi connectivity index (χ2v) is 7.84. The van der Waals surface area contributed by atoms with E-state index in [9.17, 15) is 9.59 Å². The van der Waals surface area contributed by atoms with Crippen molar-refractivity contribution in [3.8, 4) is 23.0 Å². The Hall–Kier alpha value is -3.68. The normalized spacial score (nSPS) is 14.8. The molecule has 4 rings (SSSR count). The number of fused-ring (bicyclic) bond motifs is 1. The quantitative estimate of drug-likeness (QED) is 0.427. The van der Waals surface area contributed by atoms with Crippen molar-refractivity contribution in [2.75, 3.05) is 32.9 Å². The number of amides is 2. The van der Waals surface area contributed by atoms with Gasteiger partial charge in [0, 0.05) is 18.3 Å². The van der Waals surface area contributed by atoms with Crippen LogP contribution in [0.15, 0.2) is 42.1 Å². The number of nitrogens with zero attached hydrogens (tertiary/aromatic N) is 1. The molecule has 2 amide bonds. The zero-order chi connectivity index (χ0) is 23.4. The molecule has 0 spiro atoms. The molecular weight excluding hydrogens is 424 g/mol. The first-order chi connectivity index (χ1) is 16.1. The highest BCUT2D eigenvalue weighted by Gasteiger charge is 2.39. The first-order valence-electron chi connectivity index (χ1n) is 11.1. The third kappa shape index (κ3) is 4.46. The molecule has 8 nitrogen and oxygen atoms in total. The van der Waals surface area contributed by atoms with Gasteiger partial charge in [0.05, 0.1) is 19.8 Å². The molecule has 2 aromatic rings. The Morgan fingerprint density at radius 2 is 1.70 bits per heavy atom. The largest absolute Gasteiger partial charge is 0.493 e. The third-order valence-corrected chi connectivity index (χ3v) is 5.72. The summed E-state index contributed by atoms with van der Waals surface area (Å²) in [7, 11) is 3.08. The molecule has 0 saturated carbocycles. The molecule has 2 aromatic carbocycles. The molecule has 0 fully saturated rings. The standard InChI is InChI=1S/C25H28N2O6/c1-4-5-6-7-12-27-24(28)22(16-8-10-18(30-2)20(13-16)31-3)23(25(27)29)26-17-9-11-19-21(14-17)33-15-32-19/h8-11,13-14,26H,4-7,12,15H2,1-3H3. The first kappa shape index (κ1) is 22.5. The molecule has 8 heteroatoms. The number of anilines is 1. The van der Waals surface area contributed by atoms with E-state index >= 15 is 0 Å². The maximum absolute atomic E-state index is 13.4. The van der Waals surface area contributed by atoms with Crippen molar-refractivity contribution in [3.63, 3.8) is 0 Å². The van der Waals surface area contributed by atoms with Gasteiger partial charge >= 0.3 is 0 Å². The molecule has 0 saturated heterocycles. The van der Waals surface area contributed by atoms with Crippen LogP contribution in [-0.2, 0) is 9.59 Å². The Morgan fingerprint density at radius 3 is 2.45 bits per heavy atom. The molecule has 2 aliphatic rings. The fraction of sp³-hybridized carbons (Fsp3) is 0.360.